The summed E-state index contributed by atoms with van der Waals surface area (Å²) in [5, 5.41) is 0.980. The maximum absolute atomic E-state index is 5.51. The lowest BCUT2D eigenvalue weighted by Gasteiger charge is -2.11. The zero-order valence-electron chi connectivity index (χ0n) is 8.75. The maximum atomic E-state index is 5.51. The van der Waals surface area contributed by atoms with Gasteiger partial charge in [0.2, 0.25) is 0 Å². The van der Waals surface area contributed by atoms with Gasteiger partial charge < -0.3 is 17.1 Å². The van der Waals surface area contributed by atoms with Crippen molar-refractivity contribution in [3.8, 4) is 0 Å². The molecular formula is C8H19AlO4. The molecular weight excluding hydrogens is 187 g/mol. The van der Waals surface area contributed by atoms with E-state index in [1.54, 1.807) is 14.2 Å². The molecule has 0 saturated heterocycles. The quantitative estimate of drug-likeness (QED) is 0.413. The van der Waals surface area contributed by atoms with Crippen LogP contribution in [0.25, 0.3) is 0 Å². The van der Waals surface area contributed by atoms with Crippen LogP contribution in [0.3, 0.4) is 0 Å². The van der Waals surface area contributed by atoms with E-state index in [0.29, 0.717) is 26.4 Å². The Morgan fingerprint density at radius 1 is 0.846 bits per heavy atom. The Morgan fingerprint density at radius 3 is 1.62 bits per heavy atom. The van der Waals surface area contributed by atoms with Crippen LogP contribution in [0.15, 0.2) is 0 Å². The van der Waals surface area contributed by atoms with Gasteiger partial charge in [0.05, 0.1) is 13.2 Å². The van der Waals surface area contributed by atoms with E-state index in [2.05, 4.69) is 6.92 Å². The van der Waals surface area contributed by atoms with Crippen molar-refractivity contribution >= 4 is 14.8 Å². The largest absolute Gasteiger partial charge is 0.674 e. The van der Waals surface area contributed by atoms with Crippen molar-refractivity contribution in [2.75, 3.05) is 40.6 Å². The Labute approximate surface area is 85.2 Å². The van der Waals surface area contributed by atoms with Gasteiger partial charge in [0, 0.05) is 27.4 Å². The number of methoxy groups -OCH3 is 2. The zero-order valence-corrected chi connectivity index (χ0v) is 9.90. The molecule has 0 bridgehead atoms. The van der Waals surface area contributed by atoms with Gasteiger partial charge in [-0.3, -0.25) is 0 Å². The molecule has 0 aliphatic carbocycles. The lowest BCUT2D eigenvalue weighted by molar-refractivity contribution is 0.1000. The second-order valence-corrected chi connectivity index (χ2v) is 4.91. The van der Waals surface area contributed by atoms with Crippen LogP contribution in [0, 0.1) is 0 Å². The fourth-order valence-corrected chi connectivity index (χ4v) is 2.10. The summed E-state index contributed by atoms with van der Waals surface area (Å²) in [6, 6.07) is 0. The third-order valence-electron chi connectivity index (χ3n) is 1.52. The van der Waals surface area contributed by atoms with Gasteiger partial charge in [0.15, 0.2) is 0 Å². The van der Waals surface area contributed by atoms with Crippen LogP contribution < -0.4 is 0 Å². The molecule has 0 fully saturated rings. The number of rotatable bonds is 9. The first-order valence-corrected chi connectivity index (χ1v) is 6.32. The Hall–Kier alpha value is 0.372. The van der Waals surface area contributed by atoms with Gasteiger partial charge in [-0.15, -0.1) is 0 Å². The van der Waals surface area contributed by atoms with E-state index in [4.69, 9.17) is 17.1 Å². The average Bonchev–Trinajstić information content (AvgIpc) is 2.16. The third-order valence-corrected chi connectivity index (χ3v) is 3.40. The van der Waals surface area contributed by atoms with Crippen molar-refractivity contribution in [1.82, 2.24) is 0 Å². The van der Waals surface area contributed by atoms with Crippen LogP contribution in [0.4, 0.5) is 0 Å². The summed E-state index contributed by atoms with van der Waals surface area (Å²) in [5.41, 5.74) is 0. The SMILES string of the molecule is C[CH2][Al]([O]CCOC)[O]CCOC. The Bertz CT molecular complexity index is 92.1. The third kappa shape index (κ3) is 8.70. The van der Waals surface area contributed by atoms with Gasteiger partial charge in [-0.25, -0.2) is 0 Å². The summed E-state index contributed by atoms with van der Waals surface area (Å²) in [4.78, 5) is 0. The fourth-order valence-electron chi connectivity index (χ4n) is 0.810. The molecule has 0 aliphatic rings. The lowest BCUT2D eigenvalue weighted by atomic mass is 10.8. The number of hydrogen-bond acceptors (Lipinski definition) is 4. The molecule has 0 aliphatic heterocycles. The molecule has 0 aromatic heterocycles. The zero-order chi connectivity index (χ0) is 9.94. The van der Waals surface area contributed by atoms with Crippen LogP contribution in [0.2, 0.25) is 5.28 Å². The Kier molecular flexibility index (Phi) is 10.8. The van der Waals surface area contributed by atoms with E-state index in [1.165, 1.54) is 0 Å². The van der Waals surface area contributed by atoms with Gasteiger partial charge >= 0.3 is 14.8 Å². The molecule has 78 valence electrons. The van der Waals surface area contributed by atoms with Crippen molar-refractivity contribution in [2.45, 2.75) is 12.2 Å². The molecule has 0 spiro atoms. The fraction of sp³-hybridized carbons (Fsp3) is 1.00. The molecule has 0 radical (unpaired) electrons. The number of ether oxygens (including phenoxy) is 2. The molecule has 0 rings (SSSR count). The first kappa shape index (κ1) is 13.4. The molecule has 5 heteroatoms. The first-order valence-electron chi connectivity index (χ1n) is 4.56. The summed E-state index contributed by atoms with van der Waals surface area (Å²) in [6.45, 7) is 4.62. The summed E-state index contributed by atoms with van der Waals surface area (Å²) < 4.78 is 20.8. The molecule has 0 N–H and O–H groups in total. The highest BCUT2D eigenvalue weighted by molar-refractivity contribution is 6.44. The minimum absolute atomic E-state index is 0.633. The van der Waals surface area contributed by atoms with E-state index in [9.17, 15) is 0 Å². The minimum Gasteiger partial charge on any atom is -0.476 e. The van der Waals surface area contributed by atoms with Crippen LogP contribution in [-0.2, 0) is 17.1 Å². The van der Waals surface area contributed by atoms with Crippen molar-refractivity contribution in [3.63, 3.8) is 0 Å². The van der Waals surface area contributed by atoms with Gasteiger partial charge in [0.25, 0.3) is 0 Å². The molecule has 0 amide bonds. The van der Waals surface area contributed by atoms with Gasteiger partial charge in [0.1, 0.15) is 0 Å². The predicted molar refractivity (Wildman–Crippen MR) is 51.9 cm³/mol. The van der Waals surface area contributed by atoms with E-state index >= 15 is 0 Å². The van der Waals surface area contributed by atoms with Gasteiger partial charge in [-0.1, -0.05) is 6.92 Å². The molecule has 4 nitrogen and oxygen atoms in total. The summed E-state index contributed by atoms with van der Waals surface area (Å²) in [5.74, 6) is 0. The van der Waals surface area contributed by atoms with Crippen LogP contribution in [0.5, 0.6) is 0 Å². The second-order valence-electron chi connectivity index (χ2n) is 2.56. The molecule has 13 heavy (non-hydrogen) atoms. The minimum atomic E-state index is -1.44. The van der Waals surface area contributed by atoms with Crippen LogP contribution in [0.1, 0.15) is 6.92 Å². The van der Waals surface area contributed by atoms with E-state index < -0.39 is 14.8 Å². The molecule has 0 atom stereocenters. The summed E-state index contributed by atoms with van der Waals surface area (Å²) >= 11 is -1.44. The van der Waals surface area contributed by atoms with Crippen molar-refractivity contribution in [3.05, 3.63) is 0 Å². The average molecular weight is 206 g/mol. The molecule has 0 heterocycles. The lowest BCUT2D eigenvalue weighted by Crippen LogP contribution is -2.25. The topological polar surface area (TPSA) is 36.9 Å². The van der Waals surface area contributed by atoms with Crippen molar-refractivity contribution in [1.29, 1.82) is 0 Å². The van der Waals surface area contributed by atoms with Crippen molar-refractivity contribution in [2.24, 2.45) is 0 Å². The van der Waals surface area contributed by atoms with Crippen molar-refractivity contribution < 1.29 is 17.1 Å². The van der Waals surface area contributed by atoms with Gasteiger partial charge in [-0.05, 0) is 5.28 Å². The Morgan fingerprint density at radius 2 is 1.31 bits per heavy atom. The molecule has 0 saturated carbocycles. The van der Waals surface area contributed by atoms with E-state index in [0.717, 1.165) is 5.28 Å². The standard InChI is InChI=1S/2C3H7O2.C2H5.Al/c2*1-5-3-2-4;1-2;/h2*2-3H2,1H3;1H2,2H3;/q2*-1;;+2. The molecule has 0 unspecified atom stereocenters. The molecule has 0 aromatic rings. The highest BCUT2D eigenvalue weighted by Gasteiger charge is 2.21. The van der Waals surface area contributed by atoms with E-state index in [1.807, 2.05) is 0 Å². The summed E-state index contributed by atoms with van der Waals surface area (Å²) in [7, 11) is 3.33. The summed E-state index contributed by atoms with van der Waals surface area (Å²) in [6.07, 6.45) is 0. The monoisotopic (exact) mass is 206 g/mol. The normalized spacial score (nSPS) is 10.4. The maximum Gasteiger partial charge on any atom is 0.674 e. The van der Waals surface area contributed by atoms with Gasteiger partial charge in [-0.2, -0.15) is 0 Å². The first-order chi connectivity index (χ1) is 6.35. The highest BCUT2D eigenvalue weighted by Crippen LogP contribution is 1.96. The second kappa shape index (κ2) is 10.5. The highest BCUT2D eigenvalue weighted by atomic mass is 27.2. The van der Waals surface area contributed by atoms with Crippen LogP contribution >= 0.6 is 0 Å². The smallest absolute Gasteiger partial charge is 0.476 e. The molecule has 0 aromatic carbocycles. The Balaban J connectivity index is 3.28. The van der Waals surface area contributed by atoms with Crippen LogP contribution in [-0.4, -0.2) is 55.5 Å². The number of hydrogen-bond donors (Lipinski definition) is 0. The predicted octanol–water partition coefficient (Wildman–Crippen LogP) is 0.821. The van der Waals surface area contributed by atoms with E-state index in [-0.39, 0.29) is 0 Å².